The summed E-state index contributed by atoms with van der Waals surface area (Å²) in [6, 6.07) is 23.6. The number of nitrogens with one attached hydrogen (secondary N) is 1. The highest BCUT2D eigenvalue weighted by Crippen LogP contribution is 2.29. The third kappa shape index (κ3) is 5.71. The van der Waals surface area contributed by atoms with Crippen LogP contribution in [0.1, 0.15) is 16.7 Å². The summed E-state index contributed by atoms with van der Waals surface area (Å²) < 4.78 is 7.22. The summed E-state index contributed by atoms with van der Waals surface area (Å²) in [5, 5.41) is 13.5. The highest BCUT2D eigenvalue weighted by Gasteiger charge is 2.17. The van der Waals surface area contributed by atoms with Gasteiger partial charge in [0.15, 0.2) is 11.0 Å². The predicted octanol–water partition coefficient (Wildman–Crippen LogP) is 4.80. The first-order valence-electron chi connectivity index (χ1n) is 10.7. The highest BCUT2D eigenvalue weighted by molar-refractivity contribution is 7.99. The number of aromatic nitrogens is 3. The van der Waals surface area contributed by atoms with Crippen LogP contribution in [-0.2, 0) is 4.79 Å². The SMILES string of the molecule is COc1ccc(-c2nnc(SCC(=O)N/N=C\c3cccc(C)c3)n2-c2ccc(C)cc2)cc1. The Morgan fingerprint density at radius 1 is 1.03 bits per heavy atom. The lowest BCUT2D eigenvalue weighted by atomic mass is 10.2. The van der Waals surface area contributed by atoms with Crippen LogP contribution < -0.4 is 10.2 Å². The van der Waals surface area contributed by atoms with Crippen molar-refractivity contribution in [2.45, 2.75) is 19.0 Å². The number of amides is 1. The average molecular weight is 472 g/mol. The quantitative estimate of drug-likeness (QED) is 0.227. The maximum Gasteiger partial charge on any atom is 0.250 e. The Morgan fingerprint density at radius 3 is 2.50 bits per heavy atom. The fourth-order valence-electron chi connectivity index (χ4n) is 3.31. The number of hydrazone groups is 1. The number of carbonyl (C=O) groups excluding carboxylic acids is 1. The first kappa shape index (κ1) is 23.3. The lowest BCUT2D eigenvalue weighted by Gasteiger charge is -2.11. The van der Waals surface area contributed by atoms with Gasteiger partial charge in [0.25, 0.3) is 5.91 Å². The van der Waals surface area contributed by atoms with Crippen LogP contribution >= 0.6 is 11.8 Å². The van der Waals surface area contributed by atoms with Crippen molar-refractivity contribution in [3.8, 4) is 22.8 Å². The van der Waals surface area contributed by atoms with Gasteiger partial charge in [0.1, 0.15) is 5.75 Å². The number of nitrogens with zero attached hydrogens (tertiary/aromatic N) is 4. The standard InChI is InChI=1S/C26H25N5O2S/c1-18-7-11-22(12-8-18)31-25(21-9-13-23(33-3)14-10-21)29-30-26(31)34-17-24(32)28-27-16-20-6-4-5-19(2)15-20/h4-16H,17H2,1-3H3,(H,28,32)/b27-16-. The second kappa shape index (κ2) is 10.8. The van der Waals surface area contributed by atoms with E-state index < -0.39 is 0 Å². The van der Waals surface area contributed by atoms with E-state index in [4.69, 9.17) is 4.74 Å². The van der Waals surface area contributed by atoms with E-state index in [1.54, 1.807) is 13.3 Å². The minimum absolute atomic E-state index is 0.151. The van der Waals surface area contributed by atoms with Crippen LogP contribution in [0.3, 0.4) is 0 Å². The first-order chi connectivity index (χ1) is 16.5. The van der Waals surface area contributed by atoms with Crippen LogP contribution in [-0.4, -0.2) is 39.7 Å². The molecular formula is C26H25N5O2S. The number of carbonyl (C=O) groups is 1. The largest absolute Gasteiger partial charge is 0.497 e. The lowest BCUT2D eigenvalue weighted by Crippen LogP contribution is -2.20. The summed E-state index contributed by atoms with van der Waals surface area (Å²) in [5.41, 5.74) is 7.61. The number of rotatable bonds is 8. The molecule has 0 aliphatic carbocycles. The molecule has 34 heavy (non-hydrogen) atoms. The smallest absolute Gasteiger partial charge is 0.250 e. The zero-order valence-corrected chi connectivity index (χ0v) is 20.0. The summed E-state index contributed by atoms with van der Waals surface area (Å²) >= 11 is 1.30. The minimum atomic E-state index is -0.224. The second-order valence-corrected chi connectivity index (χ2v) is 8.64. The molecule has 1 aromatic heterocycles. The van der Waals surface area contributed by atoms with Crippen molar-refractivity contribution in [2.75, 3.05) is 12.9 Å². The number of benzene rings is 3. The number of methoxy groups -OCH3 is 1. The van der Waals surface area contributed by atoms with Gasteiger partial charge >= 0.3 is 0 Å². The van der Waals surface area contributed by atoms with Gasteiger partial charge in [-0.3, -0.25) is 9.36 Å². The van der Waals surface area contributed by atoms with Gasteiger partial charge in [-0.15, -0.1) is 10.2 Å². The molecule has 0 saturated heterocycles. The molecule has 8 heteroatoms. The van der Waals surface area contributed by atoms with Crippen LogP contribution in [0.2, 0.25) is 0 Å². The van der Waals surface area contributed by atoms with Crippen molar-refractivity contribution < 1.29 is 9.53 Å². The number of hydrogen-bond acceptors (Lipinski definition) is 6. The maximum atomic E-state index is 12.4. The van der Waals surface area contributed by atoms with Gasteiger partial charge in [-0.25, -0.2) is 5.43 Å². The van der Waals surface area contributed by atoms with E-state index in [1.165, 1.54) is 11.8 Å². The van der Waals surface area contributed by atoms with E-state index in [1.807, 2.05) is 91.2 Å². The van der Waals surface area contributed by atoms with Crippen molar-refractivity contribution in [1.82, 2.24) is 20.2 Å². The Kier molecular flexibility index (Phi) is 7.39. The molecule has 1 heterocycles. The summed E-state index contributed by atoms with van der Waals surface area (Å²) in [4.78, 5) is 12.4. The molecule has 0 aliphatic rings. The molecule has 0 fully saturated rings. The molecule has 0 unspecified atom stereocenters. The van der Waals surface area contributed by atoms with Gasteiger partial charge in [0.2, 0.25) is 0 Å². The number of hydrogen-bond donors (Lipinski definition) is 1. The highest BCUT2D eigenvalue weighted by atomic mass is 32.2. The molecule has 172 valence electrons. The van der Waals surface area contributed by atoms with E-state index >= 15 is 0 Å². The van der Waals surface area contributed by atoms with Gasteiger partial charge in [-0.1, -0.05) is 59.3 Å². The molecule has 0 radical (unpaired) electrons. The van der Waals surface area contributed by atoms with Gasteiger partial charge in [-0.2, -0.15) is 5.10 Å². The van der Waals surface area contributed by atoms with Crippen LogP contribution in [0, 0.1) is 13.8 Å². The van der Waals surface area contributed by atoms with Crippen LogP contribution in [0.5, 0.6) is 5.75 Å². The molecule has 1 amide bonds. The molecule has 0 atom stereocenters. The Hall–Kier alpha value is -3.91. The molecular weight excluding hydrogens is 446 g/mol. The first-order valence-corrected chi connectivity index (χ1v) is 11.7. The number of aryl methyl sites for hydroxylation is 2. The van der Waals surface area contributed by atoms with E-state index in [0.29, 0.717) is 11.0 Å². The summed E-state index contributed by atoms with van der Waals surface area (Å²) in [7, 11) is 1.63. The zero-order valence-electron chi connectivity index (χ0n) is 19.2. The Labute approximate surface area is 202 Å². The normalized spacial score (nSPS) is 11.0. The molecule has 3 aromatic carbocycles. The van der Waals surface area contributed by atoms with Crippen molar-refractivity contribution in [3.05, 3.63) is 89.5 Å². The zero-order chi connectivity index (χ0) is 23.9. The fourth-order valence-corrected chi connectivity index (χ4v) is 4.05. The van der Waals surface area contributed by atoms with Gasteiger partial charge in [0.05, 0.1) is 19.1 Å². The molecule has 0 bridgehead atoms. The van der Waals surface area contributed by atoms with E-state index in [-0.39, 0.29) is 11.7 Å². The topological polar surface area (TPSA) is 81.4 Å². The Bertz CT molecular complexity index is 1300. The molecule has 4 aromatic rings. The summed E-state index contributed by atoms with van der Waals surface area (Å²) in [6.45, 7) is 4.05. The van der Waals surface area contributed by atoms with E-state index in [2.05, 4.69) is 20.7 Å². The summed E-state index contributed by atoms with van der Waals surface area (Å²) in [5.74, 6) is 1.38. The molecule has 0 saturated carbocycles. The van der Waals surface area contributed by atoms with Crippen LogP contribution in [0.15, 0.2) is 83.1 Å². The van der Waals surface area contributed by atoms with Gasteiger partial charge in [0, 0.05) is 11.3 Å². The second-order valence-electron chi connectivity index (χ2n) is 7.70. The summed E-state index contributed by atoms with van der Waals surface area (Å²) in [6.07, 6.45) is 1.63. The van der Waals surface area contributed by atoms with Crippen molar-refractivity contribution in [2.24, 2.45) is 5.10 Å². The minimum Gasteiger partial charge on any atom is -0.497 e. The molecule has 0 spiro atoms. The Morgan fingerprint density at radius 2 is 1.79 bits per heavy atom. The lowest BCUT2D eigenvalue weighted by molar-refractivity contribution is -0.118. The maximum absolute atomic E-state index is 12.4. The molecule has 1 N–H and O–H groups in total. The number of thioether (sulfide) groups is 1. The van der Waals surface area contributed by atoms with Crippen molar-refractivity contribution >= 4 is 23.9 Å². The monoisotopic (exact) mass is 471 g/mol. The van der Waals surface area contributed by atoms with Gasteiger partial charge < -0.3 is 4.74 Å². The third-order valence-electron chi connectivity index (χ3n) is 5.05. The van der Waals surface area contributed by atoms with E-state index in [9.17, 15) is 4.79 Å². The van der Waals surface area contributed by atoms with Crippen LogP contribution in [0.25, 0.3) is 17.1 Å². The fraction of sp³-hybridized carbons (Fsp3) is 0.154. The Balaban J connectivity index is 1.52. The van der Waals surface area contributed by atoms with Crippen LogP contribution in [0.4, 0.5) is 0 Å². The predicted molar refractivity (Wildman–Crippen MR) is 136 cm³/mol. The number of ether oxygens (including phenoxy) is 1. The average Bonchev–Trinajstić information content (AvgIpc) is 3.27. The third-order valence-corrected chi connectivity index (χ3v) is 5.98. The molecule has 7 nitrogen and oxygen atoms in total. The van der Waals surface area contributed by atoms with E-state index in [0.717, 1.165) is 33.7 Å². The molecule has 0 aliphatic heterocycles. The van der Waals surface area contributed by atoms with Crippen molar-refractivity contribution in [3.63, 3.8) is 0 Å². The van der Waals surface area contributed by atoms with Gasteiger partial charge in [-0.05, 0) is 55.8 Å². The molecule has 4 rings (SSSR count). The van der Waals surface area contributed by atoms with Crippen molar-refractivity contribution in [1.29, 1.82) is 0 Å².